The summed E-state index contributed by atoms with van der Waals surface area (Å²) < 4.78 is 24.7. The Morgan fingerprint density at radius 2 is 2.05 bits per heavy atom. The molecule has 1 amide bonds. The summed E-state index contributed by atoms with van der Waals surface area (Å²) in [5.41, 5.74) is 0.398. The molecule has 0 bridgehead atoms. The molecule has 5 nitrogen and oxygen atoms in total. The molecule has 7 heteroatoms. The molecule has 1 N–H and O–H groups in total. The number of hydrogen-bond acceptors (Lipinski definition) is 3. The van der Waals surface area contributed by atoms with Crippen LogP contribution in [0, 0.1) is 5.92 Å². The van der Waals surface area contributed by atoms with Gasteiger partial charge in [0.15, 0.2) is 0 Å². The van der Waals surface area contributed by atoms with E-state index in [0.717, 1.165) is 32.1 Å². The topological polar surface area (TPSA) is 68.2 Å². The van der Waals surface area contributed by atoms with E-state index in [-0.39, 0.29) is 16.8 Å². The smallest absolute Gasteiger partial charge is 0.267 e. The van der Waals surface area contributed by atoms with Gasteiger partial charge in [-0.2, -0.15) is 0 Å². The zero-order valence-corrected chi connectivity index (χ0v) is 12.6. The van der Waals surface area contributed by atoms with Crippen LogP contribution in [0.2, 0.25) is 0 Å². The molecule has 2 aliphatic rings. The number of hydrogen-bond donors (Lipinski definition) is 1. The number of amides is 1. The second-order valence-electron chi connectivity index (χ2n) is 5.64. The van der Waals surface area contributed by atoms with Crippen molar-refractivity contribution in [1.82, 2.24) is 9.88 Å². The van der Waals surface area contributed by atoms with Crippen molar-refractivity contribution in [2.45, 2.75) is 43.0 Å². The third-order valence-electron chi connectivity index (χ3n) is 4.05. The molecule has 2 aliphatic carbocycles. The van der Waals surface area contributed by atoms with Crippen molar-refractivity contribution in [3.63, 3.8) is 0 Å². The Hall–Kier alpha value is -1.01. The fourth-order valence-corrected chi connectivity index (χ4v) is 3.13. The van der Waals surface area contributed by atoms with Gasteiger partial charge in [-0.3, -0.25) is 4.79 Å². The molecule has 0 radical (unpaired) electrons. The molecule has 20 heavy (non-hydrogen) atoms. The minimum absolute atomic E-state index is 0.00244. The van der Waals surface area contributed by atoms with Crippen LogP contribution in [0.25, 0.3) is 0 Å². The predicted molar refractivity (Wildman–Crippen MR) is 75.4 cm³/mol. The highest BCUT2D eigenvalue weighted by molar-refractivity contribution is 8.13. The number of halogens is 1. The Labute approximate surface area is 122 Å². The Morgan fingerprint density at radius 1 is 1.35 bits per heavy atom. The number of carbonyl (C=O) groups excluding carboxylic acids is 1. The molecule has 1 aromatic rings. The maximum absolute atomic E-state index is 12.2. The molecule has 2 fully saturated rings. The lowest BCUT2D eigenvalue weighted by molar-refractivity contribution is 0.0936. The summed E-state index contributed by atoms with van der Waals surface area (Å²) >= 11 is 0. The van der Waals surface area contributed by atoms with Crippen molar-refractivity contribution in [2.24, 2.45) is 5.92 Å². The average Bonchev–Trinajstić information content (AvgIpc) is 3.02. The van der Waals surface area contributed by atoms with Crippen molar-refractivity contribution in [3.05, 3.63) is 18.0 Å². The standard InChI is InChI=1S/C13H17ClN2O3S/c14-20(18,19)11-6-12(13(17)15-7-9-4-5-9)16(8-11)10-2-1-3-10/h6,8-10H,1-5,7H2,(H,15,17). The molecule has 3 rings (SSSR count). The van der Waals surface area contributed by atoms with E-state index in [0.29, 0.717) is 18.2 Å². The molecule has 0 saturated heterocycles. The zero-order valence-electron chi connectivity index (χ0n) is 11.0. The van der Waals surface area contributed by atoms with E-state index < -0.39 is 9.05 Å². The van der Waals surface area contributed by atoms with Crippen molar-refractivity contribution in [3.8, 4) is 0 Å². The maximum atomic E-state index is 12.2. The number of rotatable bonds is 5. The summed E-state index contributed by atoms with van der Waals surface area (Å²) in [6.45, 7) is 0.664. The highest BCUT2D eigenvalue weighted by Crippen LogP contribution is 2.35. The third-order valence-corrected chi connectivity index (χ3v) is 5.37. The minimum atomic E-state index is -3.80. The normalized spacial score (nSPS) is 19.6. The molecule has 0 unspecified atom stereocenters. The number of nitrogens with zero attached hydrogens (tertiary/aromatic N) is 1. The Bertz CT molecular complexity index is 630. The van der Waals surface area contributed by atoms with Crippen LogP contribution in [0.5, 0.6) is 0 Å². The lowest BCUT2D eigenvalue weighted by Crippen LogP contribution is -2.29. The second kappa shape index (κ2) is 5.07. The summed E-state index contributed by atoms with van der Waals surface area (Å²) in [5, 5.41) is 2.87. The van der Waals surface area contributed by atoms with Gasteiger partial charge in [0.2, 0.25) is 0 Å². The third kappa shape index (κ3) is 2.86. The van der Waals surface area contributed by atoms with Gasteiger partial charge in [0.25, 0.3) is 15.0 Å². The van der Waals surface area contributed by atoms with Gasteiger partial charge in [0, 0.05) is 29.5 Å². The molecule has 0 aromatic carbocycles. The van der Waals surface area contributed by atoms with Crippen molar-refractivity contribution < 1.29 is 13.2 Å². The van der Waals surface area contributed by atoms with Gasteiger partial charge in [-0.1, -0.05) is 0 Å². The van der Waals surface area contributed by atoms with Crippen molar-refractivity contribution in [1.29, 1.82) is 0 Å². The van der Waals surface area contributed by atoms with Crippen LogP contribution >= 0.6 is 10.7 Å². The first kappa shape index (κ1) is 13.9. The van der Waals surface area contributed by atoms with Gasteiger partial charge < -0.3 is 9.88 Å². The van der Waals surface area contributed by atoms with Crippen LogP contribution in [0.4, 0.5) is 0 Å². The fraction of sp³-hybridized carbons (Fsp3) is 0.615. The summed E-state index contributed by atoms with van der Waals surface area (Å²) in [7, 11) is 1.58. The maximum Gasteiger partial charge on any atom is 0.267 e. The fourth-order valence-electron chi connectivity index (χ4n) is 2.39. The van der Waals surface area contributed by atoms with E-state index >= 15 is 0 Å². The highest BCUT2D eigenvalue weighted by atomic mass is 35.7. The molecular weight excluding hydrogens is 300 g/mol. The van der Waals surface area contributed by atoms with E-state index in [1.54, 1.807) is 4.57 Å². The van der Waals surface area contributed by atoms with Crippen LogP contribution in [0.15, 0.2) is 17.2 Å². The van der Waals surface area contributed by atoms with Crippen LogP contribution in [0.3, 0.4) is 0 Å². The SMILES string of the molecule is O=C(NCC1CC1)c1cc(S(=O)(=O)Cl)cn1C1CCC1. The van der Waals surface area contributed by atoms with E-state index in [4.69, 9.17) is 10.7 Å². The lowest BCUT2D eigenvalue weighted by Gasteiger charge is -2.28. The monoisotopic (exact) mass is 316 g/mol. The van der Waals surface area contributed by atoms with Gasteiger partial charge in [-0.25, -0.2) is 8.42 Å². The molecule has 2 saturated carbocycles. The van der Waals surface area contributed by atoms with Crippen LogP contribution in [-0.2, 0) is 9.05 Å². The van der Waals surface area contributed by atoms with Gasteiger partial charge in [0.05, 0.1) is 0 Å². The van der Waals surface area contributed by atoms with E-state index in [1.807, 2.05) is 0 Å². The average molecular weight is 317 g/mol. The molecule has 1 aromatic heterocycles. The second-order valence-corrected chi connectivity index (χ2v) is 8.21. The molecule has 0 spiro atoms. The Morgan fingerprint density at radius 3 is 2.55 bits per heavy atom. The summed E-state index contributed by atoms with van der Waals surface area (Å²) in [4.78, 5) is 12.2. The van der Waals surface area contributed by atoms with E-state index in [1.165, 1.54) is 12.3 Å². The molecule has 0 aliphatic heterocycles. The molecular formula is C13H17ClN2O3S. The van der Waals surface area contributed by atoms with E-state index in [9.17, 15) is 13.2 Å². The molecule has 110 valence electrons. The first-order chi connectivity index (χ1) is 9.45. The van der Waals surface area contributed by atoms with Gasteiger partial charge in [-0.15, -0.1) is 0 Å². The first-order valence-corrected chi connectivity index (χ1v) is 9.21. The predicted octanol–water partition coefficient (Wildman–Crippen LogP) is 2.28. The van der Waals surface area contributed by atoms with E-state index in [2.05, 4.69) is 5.32 Å². The molecule has 1 heterocycles. The zero-order chi connectivity index (χ0) is 14.3. The Balaban J connectivity index is 1.85. The summed E-state index contributed by atoms with van der Waals surface area (Å²) in [6, 6.07) is 1.59. The van der Waals surface area contributed by atoms with Crippen molar-refractivity contribution >= 4 is 25.6 Å². The largest absolute Gasteiger partial charge is 0.350 e. The summed E-state index contributed by atoms with van der Waals surface area (Å²) in [5.74, 6) is 0.373. The van der Waals surface area contributed by atoms with Gasteiger partial charge >= 0.3 is 0 Å². The number of aromatic nitrogens is 1. The quantitative estimate of drug-likeness (QED) is 0.847. The molecule has 0 atom stereocenters. The number of nitrogens with one attached hydrogen (secondary N) is 1. The Kier molecular flexibility index (Phi) is 3.54. The van der Waals surface area contributed by atoms with Crippen LogP contribution < -0.4 is 5.32 Å². The highest BCUT2D eigenvalue weighted by Gasteiger charge is 2.28. The van der Waals surface area contributed by atoms with Crippen LogP contribution in [-0.4, -0.2) is 25.4 Å². The number of carbonyl (C=O) groups is 1. The van der Waals surface area contributed by atoms with Gasteiger partial charge in [-0.05, 0) is 44.1 Å². The van der Waals surface area contributed by atoms with Crippen molar-refractivity contribution in [2.75, 3.05) is 6.54 Å². The summed E-state index contributed by atoms with van der Waals surface area (Å²) in [6.07, 6.45) is 6.85. The van der Waals surface area contributed by atoms with Crippen LogP contribution in [0.1, 0.15) is 48.6 Å². The first-order valence-electron chi connectivity index (χ1n) is 6.90. The van der Waals surface area contributed by atoms with Gasteiger partial charge in [0.1, 0.15) is 10.6 Å². The lowest BCUT2D eigenvalue weighted by atomic mass is 9.93. The minimum Gasteiger partial charge on any atom is -0.350 e.